The molecule has 0 radical (unpaired) electrons. The van der Waals surface area contributed by atoms with Crippen LogP contribution < -0.4 is 16.0 Å². The van der Waals surface area contributed by atoms with Crippen LogP contribution >= 0.6 is 0 Å². The SMILES string of the molecule is O=C1Nc2ccccc2NC(=O)C1N(CC12CC3CC(CC(C3)C1)C2)C(=O)Nc1ccccc1. The van der Waals surface area contributed by atoms with Crippen LogP contribution in [-0.4, -0.2) is 35.3 Å². The van der Waals surface area contributed by atoms with Gasteiger partial charge in [-0.05, 0) is 86.0 Å². The van der Waals surface area contributed by atoms with Gasteiger partial charge in [-0.1, -0.05) is 30.3 Å². The molecule has 2 aromatic carbocycles. The number of benzene rings is 2. The second-order valence-corrected chi connectivity index (χ2v) is 10.8. The predicted molar refractivity (Wildman–Crippen MR) is 130 cm³/mol. The van der Waals surface area contributed by atoms with Crippen LogP contribution in [0.25, 0.3) is 0 Å². The number of urea groups is 1. The lowest BCUT2D eigenvalue weighted by Gasteiger charge is -2.58. The molecular formula is C27H30N4O3. The fourth-order valence-electron chi connectivity index (χ4n) is 7.35. The van der Waals surface area contributed by atoms with E-state index in [4.69, 9.17) is 0 Å². The van der Waals surface area contributed by atoms with Gasteiger partial charge in [0.2, 0.25) is 0 Å². The van der Waals surface area contributed by atoms with Gasteiger partial charge in [0.15, 0.2) is 6.04 Å². The Morgan fingerprint density at radius 3 is 1.85 bits per heavy atom. The van der Waals surface area contributed by atoms with Crippen molar-refractivity contribution in [2.75, 3.05) is 22.5 Å². The van der Waals surface area contributed by atoms with E-state index in [1.165, 1.54) is 24.2 Å². The lowest BCUT2D eigenvalue weighted by molar-refractivity contribution is -0.132. The molecule has 1 aliphatic heterocycles. The molecule has 5 aliphatic rings. The van der Waals surface area contributed by atoms with Crippen molar-refractivity contribution in [3.05, 3.63) is 54.6 Å². The maximum Gasteiger partial charge on any atom is 0.322 e. The third-order valence-corrected chi connectivity index (χ3v) is 8.21. The lowest BCUT2D eigenvalue weighted by Crippen LogP contribution is -2.59. The van der Waals surface area contributed by atoms with Crippen LogP contribution in [0.2, 0.25) is 0 Å². The summed E-state index contributed by atoms with van der Waals surface area (Å²) in [6.45, 7) is 0.414. The summed E-state index contributed by atoms with van der Waals surface area (Å²) in [5, 5.41) is 8.66. The number of amides is 4. The maximum absolute atomic E-state index is 13.7. The highest BCUT2D eigenvalue weighted by molar-refractivity contribution is 6.20. The van der Waals surface area contributed by atoms with Crippen LogP contribution in [0.3, 0.4) is 0 Å². The Morgan fingerprint density at radius 2 is 1.32 bits per heavy atom. The highest BCUT2D eigenvalue weighted by atomic mass is 16.2. The first-order chi connectivity index (χ1) is 16.5. The van der Waals surface area contributed by atoms with Crippen molar-refractivity contribution < 1.29 is 14.4 Å². The van der Waals surface area contributed by atoms with Crippen LogP contribution in [0.4, 0.5) is 21.9 Å². The molecule has 4 amide bonds. The minimum atomic E-state index is -1.25. The topological polar surface area (TPSA) is 90.5 Å². The Labute approximate surface area is 199 Å². The van der Waals surface area contributed by atoms with Crippen molar-refractivity contribution in [3.63, 3.8) is 0 Å². The van der Waals surface area contributed by atoms with Crippen molar-refractivity contribution in [1.82, 2.24) is 4.90 Å². The summed E-state index contributed by atoms with van der Waals surface area (Å²) in [6, 6.07) is 14.7. The van der Waals surface area contributed by atoms with Crippen molar-refractivity contribution in [3.8, 4) is 0 Å². The number of anilines is 3. The molecule has 0 saturated heterocycles. The summed E-state index contributed by atoms with van der Waals surface area (Å²) in [6.07, 6.45) is 7.08. The zero-order chi connectivity index (χ0) is 23.3. The molecular weight excluding hydrogens is 428 g/mol. The Hall–Kier alpha value is -3.35. The Kier molecular flexibility index (Phi) is 5.08. The van der Waals surface area contributed by atoms with Crippen LogP contribution in [0, 0.1) is 23.2 Å². The number of hydrogen-bond acceptors (Lipinski definition) is 3. The van der Waals surface area contributed by atoms with E-state index in [9.17, 15) is 14.4 Å². The fraction of sp³-hybridized carbons (Fsp3) is 0.444. The lowest BCUT2D eigenvalue weighted by atomic mass is 9.49. The first kappa shape index (κ1) is 21.2. The minimum Gasteiger partial charge on any atom is -0.322 e. The normalized spacial score (nSPS) is 29.6. The van der Waals surface area contributed by atoms with Gasteiger partial charge >= 0.3 is 6.03 Å². The number of carbonyl (C=O) groups excluding carboxylic acids is 3. The molecule has 34 heavy (non-hydrogen) atoms. The van der Waals surface area contributed by atoms with Gasteiger partial charge in [0.1, 0.15) is 0 Å². The van der Waals surface area contributed by atoms with E-state index in [0.29, 0.717) is 41.4 Å². The van der Waals surface area contributed by atoms with Crippen LogP contribution in [0.1, 0.15) is 38.5 Å². The number of nitrogens with one attached hydrogen (secondary N) is 3. The van der Waals surface area contributed by atoms with E-state index < -0.39 is 23.9 Å². The summed E-state index contributed by atoms with van der Waals surface area (Å²) < 4.78 is 0. The summed E-state index contributed by atoms with van der Waals surface area (Å²) in [5.74, 6) is 1.15. The molecule has 7 rings (SSSR count). The molecule has 4 bridgehead atoms. The Balaban J connectivity index is 1.33. The largest absolute Gasteiger partial charge is 0.322 e. The van der Waals surface area contributed by atoms with Gasteiger partial charge in [-0.15, -0.1) is 0 Å². The van der Waals surface area contributed by atoms with E-state index in [1.807, 2.05) is 30.3 Å². The molecule has 0 spiro atoms. The maximum atomic E-state index is 13.7. The van der Waals surface area contributed by atoms with Crippen LogP contribution in [0.15, 0.2) is 54.6 Å². The first-order valence-corrected chi connectivity index (χ1v) is 12.3. The van der Waals surface area contributed by atoms with Gasteiger partial charge in [0.05, 0.1) is 11.4 Å². The fourth-order valence-corrected chi connectivity index (χ4v) is 7.35. The second-order valence-electron chi connectivity index (χ2n) is 10.8. The van der Waals surface area contributed by atoms with Gasteiger partial charge < -0.3 is 20.9 Å². The zero-order valence-electron chi connectivity index (χ0n) is 19.1. The average molecular weight is 459 g/mol. The van der Waals surface area contributed by atoms with Crippen LogP contribution in [0.5, 0.6) is 0 Å². The molecule has 0 aromatic heterocycles. The number of hydrogen-bond donors (Lipinski definition) is 3. The van der Waals surface area contributed by atoms with Crippen molar-refractivity contribution >= 4 is 34.9 Å². The average Bonchev–Trinajstić information content (AvgIpc) is 2.92. The van der Waals surface area contributed by atoms with Crippen molar-refractivity contribution in [2.24, 2.45) is 23.2 Å². The molecule has 2 aromatic rings. The standard InChI is InChI=1S/C27H30N4O3/c32-24-23(25(33)30-22-9-5-4-8-21(22)29-24)31(26(34)28-20-6-2-1-3-7-20)16-27-13-17-10-18(14-27)12-19(11-17)15-27/h1-9,17-19,23H,10-16H2,(H,28,34)(H,29,32)(H,30,33). The number of carbonyl (C=O) groups is 3. The summed E-state index contributed by atoms with van der Waals surface area (Å²) in [5.41, 5.74) is 1.70. The summed E-state index contributed by atoms with van der Waals surface area (Å²) in [7, 11) is 0. The number of fused-ring (bicyclic) bond motifs is 1. The van der Waals surface area contributed by atoms with E-state index in [0.717, 1.165) is 19.3 Å². The Bertz CT molecular complexity index is 1060. The third kappa shape index (κ3) is 3.83. The quantitative estimate of drug-likeness (QED) is 0.580. The molecule has 7 heteroatoms. The van der Waals surface area contributed by atoms with E-state index >= 15 is 0 Å². The number of rotatable bonds is 4. The molecule has 176 valence electrons. The Morgan fingerprint density at radius 1 is 0.824 bits per heavy atom. The second kappa shape index (κ2) is 8.15. The van der Waals surface area contributed by atoms with E-state index in [1.54, 1.807) is 24.3 Å². The molecule has 1 heterocycles. The minimum absolute atomic E-state index is 0.0253. The van der Waals surface area contributed by atoms with E-state index in [-0.39, 0.29) is 5.41 Å². The van der Waals surface area contributed by atoms with Gasteiger partial charge in [0.25, 0.3) is 11.8 Å². The monoisotopic (exact) mass is 458 g/mol. The molecule has 4 aliphatic carbocycles. The van der Waals surface area contributed by atoms with E-state index in [2.05, 4.69) is 16.0 Å². The van der Waals surface area contributed by atoms with Gasteiger partial charge in [0, 0.05) is 12.2 Å². The molecule has 4 fully saturated rings. The van der Waals surface area contributed by atoms with Gasteiger partial charge in [-0.2, -0.15) is 0 Å². The molecule has 0 unspecified atom stereocenters. The molecule has 4 saturated carbocycles. The first-order valence-electron chi connectivity index (χ1n) is 12.3. The zero-order valence-corrected chi connectivity index (χ0v) is 19.1. The summed E-state index contributed by atoms with van der Waals surface area (Å²) in [4.78, 5) is 41.9. The van der Waals surface area contributed by atoms with Gasteiger partial charge in [-0.3, -0.25) is 9.59 Å². The molecule has 0 atom stereocenters. The molecule has 3 N–H and O–H groups in total. The molecule has 7 nitrogen and oxygen atoms in total. The smallest absolute Gasteiger partial charge is 0.322 e. The van der Waals surface area contributed by atoms with Crippen molar-refractivity contribution in [1.29, 1.82) is 0 Å². The van der Waals surface area contributed by atoms with Gasteiger partial charge in [-0.25, -0.2) is 4.79 Å². The summed E-state index contributed by atoms with van der Waals surface area (Å²) >= 11 is 0. The van der Waals surface area contributed by atoms with Crippen LogP contribution in [-0.2, 0) is 9.59 Å². The number of para-hydroxylation sites is 3. The highest BCUT2D eigenvalue weighted by Crippen LogP contribution is 2.60. The number of nitrogens with zero attached hydrogens (tertiary/aromatic N) is 1. The third-order valence-electron chi connectivity index (χ3n) is 8.21. The van der Waals surface area contributed by atoms with Crippen molar-refractivity contribution in [2.45, 2.75) is 44.6 Å². The highest BCUT2D eigenvalue weighted by Gasteiger charge is 2.53. The predicted octanol–water partition coefficient (Wildman–Crippen LogP) is 4.70.